The van der Waals surface area contributed by atoms with Crippen LogP contribution in [0.5, 0.6) is 10.9 Å². The van der Waals surface area contributed by atoms with E-state index in [2.05, 4.69) is 26.1 Å². The van der Waals surface area contributed by atoms with Gasteiger partial charge in [0.2, 0.25) is 0 Å². The van der Waals surface area contributed by atoms with Crippen LogP contribution in [-0.2, 0) is 6.61 Å². The highest BCUT2D eigenvalue weighted by Gasteiger charge is 2.07. The summed E-state index contributed by atoms with van der Waals surface area (Å²) < 4.78 is 6.40. The van der Waals surface area contributed by atoms with Crippen LogP contribution in [0.15, 0.2) is 22.7 Å². The van der Waals surface area contributed by atoms with E-state index in [0.717, 1.165) is 10.0 Å². The first kappa shape index (κ1) is 11.5. The van der Waals surface area contributed by atoms with E-state index >= 15 is 0 Å². The lowest BCUT2D eigenvalue weighted by atomic mass is 10.2. The van der Waals surface area contributed by atoms with Gasteiger partial charge in [0.1, 0.15) is 10.8 Å². The summed E-state index contributed by atoms with van der Waals surface area (Å²) in [7, 11) is 0. The van der Waals surface area contributed by atoms with E-state index in [-0.39, 0.29) is 6.61 Å². The fourth-order valence-electron chi connectivity index (χ4n) is 1.13. The number of hydrogen-bond acceptors (Lipinski definition) is 5. The van der Waals surface area contributed by atoms with Crippen molar-refractivity contribution < 1.29 is 9.84 Å². The minimum Gasteiger partial charge on any atom is -0.429 e. The highest BCUT2D eigenvalue weighted by atomic mass is 79.9. The van der Waals surface area contributed by atoms with Gasteiger partial charge >= 0.3 is 0 Å². The lowest BCUT2D eigenvalue weighted by molar-refractivity contribution is 0.280. The number of nitrogens with zero attached hydrogens (tertiary/aromatic N) is 2. The molecule has 6 heteroatoms. The van der Waals surface area contributed by atoms with Crippen LogP contribution < -0.4 is 4.74 Å². The van der Waals surface area contributed by atoms with Crippen molar-refractivity contribution in [1.82, 2.24) is 10.2 Å². The second-order valence-electron chi connectivity index (χ2n) is 3.16. The van der Waals surface area contributed by atoms with E-state index in [1.807, 2.05) is 25.1 Å². The first-order valence-electron chi connectivity index (χ1n) is 4.56. The molecule has 0 saturated heterocycles. The maximum Gasteiger partial charge on any atom is 0.299 e. The number of hydrogen-bond donors (Lipinski definition) is 1. The van der Waals surface area contributed by atoms with Crippen LogP contribution in [0.4, 0.5) is 0 Å². The molecule has 2 rings (SSSR count). The lowest BCUT2D eigenvalue weighted by Gasteiger charge is -2.04. The quantitative estimate of drug-likeness (QED) is 0.947. The highest BCUT2D eigenvalue weighted by molar-refractivity contribution is 9.10. The van der Waals surface area contributed by atoms with Crippen LogP contribution in [0.1, 0.15) is 10.6 Å². The Kier molecular flexibility index (Phi) is 3.52. The number of ether oxygens (including phenoxy) is 1. The van der Waals surface area contributed by atoms with Gasteiger partial charge in [0, 0.05) is 0 Å². The fourth-order valence-corrected chi connectivity index (χ4v) is 2.26. The molecule has 0 atom stereocenters. The van der Waals surface area contributed by atoms with Gasteiger partial charge < -0.3 is 9.84 Å². The Morgan fingerprint density at radius 2 is 2.25 bits per heavy atom. The fraction of sp³-hybridized carbons (Fsp3) is 0.200. The summed E-state index contributed by atoms with van der Waals surface area (Å²) in [4.78, 5) is 0. The first-order chi connectivity index (χ1) is 7.69. The van der Waals surface area contributed by atoms with Gasteiger partial charge in [-0.25, -0.2) is 0 Å². The lowest BCUT2D eigenvalue weighted by Crippen LogP contribution is -1.85. The van der Waals surface area contributed by atoms with Crippen LogP contribution in [0.25, 0.3) is 0 Å². The third-order valence-electron chi connectivity index (χ3n) is 1.87. The highest BCUT2D eigenvalue weighted by Crippen LogP contribution is 2.31. The molecule has 0 aliphatic heterocycles. The Balaban J connectivity index is 2.20. The zero-order chi connectivity index (χ0) is 11.5. The van der Waals surface area contributed by atoms with E-state index in [1.165, 1.54) is 11.3 Å². The van der Waals surface area contributed by atoms with Gasteiger partial charge in [0.15, 0.2) is 0 Å². The number of aliphatic hydroxyl groups excluding tert-OH is 1. The molecule has 0 saturated carbocycles. The Labute approximate surface area is 105 Å². The number of benzene rings is 1. The monoisotopic (exact) mass is 300 g/mol. The van der Waals surface area contributed by atoms with Gasteiger partial charge in [-0.3, -0.25) is 0 Å². The summed E-state index contributed by atoms with van der Waals surface area (Å²) in [6.45, 7) is 1.89. The van der Waals surface area contributed by atoms with Crippen LogP contribution in [0.2, 0.25) is 0 Å². The molecule has 1 aromatic heterocycles. The zero-order valence-electron chi connectivity index (χ0n) is 8.48. The molecule has 0 aliphatic carbocycles. The van der Waals surface area contributed by atoms with Crippen LogP contribution in [-0.4, -0.2) is 15.3 Å². The van der Waals surface area contributed by atoms with Gasteiger partial charge in [-0.1, -0.05) is 22.5 Å². The number of aromatic nitrogens is 2. The number of aryl methyl sites for hydroxylation is 1. The molecule has 16 heavy (non-hydrogen) atoms. The van der Waals surface area contributed by atoms with E-state index in [9.17, 15) is 0 Å². The maximum absolute atomic E-state index is 8.85. The van der Waals surface area contributed by atoms with Crippen molar-refractivity contribution in [3.8, 4) is 10.9 Å². The summed E-state index contributed by atoms with van der Waals surface area (Å²) in [6, 6.07) is 5.77. The van der Waals surface area contributed by atoms with Crippen LogP contribution >= 0.6 is 27.3 Å². The van der Waals surface area contributed by atoms with Crippen LogP contribution in [0.3, 0.4) is 0 Å². The topological polar surface area (TPSA) is 55.2 Å². The molecule has 1 heterocycles. The molecular formula is C10H9BrN2O2S. The predicted octanol–water partition coefficient (Wildman–Crippen LogP) is 2.89. The van der Waals surface area contributed by atoms with E-state index in [4.69, 9.17) is 9.84 Å². The van der Waals surface area contributed by atoms with Crippen molar-refractivity contribution in [2.45, 2.75) is 13.5 Å². The average Bonchev–Trinajstić information content (AvgIpc) is 2.70. The molecule has 0 unspecified atom stereocenters. The summed E-state index contributed by atoms with van der Waals surface area (Å²) in [6.07, 6.45) is 0. The van der Waals surface area contributed by atoms with Crippen molar-refractivity contribution >= 4 is 27.3 Å². The molecule has 0 fully saturated rings. The van der Waals surface area contributed by atoms with Gasteiger partial charge in [0.05, 0.1) is 11.1 Å². The summed E-state index contributed by atoms with van der Waals surface area (Å²) in [5.41, 5.74) is 1.15. The third kappa shape index (κ3) is 2.58. The maximum atomic E-state index is 8.85. The standard InChI is InChI=1S/C10H9BrN2O2S/c1-6-2-3-8(7(11)4-6)15-10-13-12-9(5-14)16-10/h2-4,14H,5H2,1H3. The summed E-state index contributed by atoms with van der Waals surface area (Å²) in [5.74, 6) is 0.686. The number of rotatable bonds is 3. The number of aliphatic hydroxyl groups is 1. The van der Waals surface area contributed by atoms with Gasteiger partial charge in [-0.15, -0.1) is 5.10 Å². The van der Waals surface area contributed by atoms with E-state index in [0.29, 0.717) is 16.0 Å². The molecule has 0 radical (unpaired) electrons. The third-order valence-corrected chi connectivity index (χ3v) is 3.27. The molecular weight excluding hydrogens is 292 g/mol. The molecule has 2 aromatic rings. The van der Waals surface area contributed by atoms with Gasteiger partial charge in [0.25, 0.3) is 5.19 Å². The Bertz CT molecular complexity index is 501. The summed E-state index contributed by atoms with van der Waals surface area (Å²) in [5, 5.41) is 17.4. The van der Waals surface area contributed by atoms with Gasteiger partial charge in [-0.2, -0.15) is 0 Å². The summed E-state index contributed by atoms with van der Waals surface area (Å²) >= 11 is 4.64. The van der Waals surface area contributed by atoms with Gasteiger partial charge in [-0.05, 0) is 40.5 Å². The Hall–Kier alpha value is -0.980. The molecule has 1 N–H and O–H groups in total. The Morgan fingerprint density at radius 1 is 1.44 bits per heavy atom. The smallest absolute Gasteiger partial charge is 0.299 e. The molecule has 84 valence electrons. The average molecular weight is 301 g/mol. The molecule has 0 bridgehead atoms. The largest absolute Gasteiger partial charge is 0.429 e. The minimum atomic E-state index is -0.115. The molecule has 0 amide bonds. The normalized spacial score (nSPS) is 10.4. The first-order valence-corrected chi connectivity index (χ1v) is 6.17. The zero-order valence-corrected chi connectivity index (χ0v) is 10.9. The number of halogens is 1. The molecule has 1 aromatic carbocycles. The Morgan fingerprint density at radius 3 is 2.88 bits per heavy atom. The second-order valence-corrected chi connectivity index (χ2v) is 5.03. The van der Waals surface area contributed by atoms with E-state index < -0.39 is 0 Å². The SMILES string of the molecule is Cc1ccc(Oc2nnc(CO)s2)c(Br)c1. The van der Waals surface area contributed by atoms with Crippen molar-refractivity contribution in [2.75, 3.05) is 0 Å². The molecule has 0 aliphatic rings. The predicted molar refractivity (Wildman–Crippen MR) is 64.8 cm³/mol. The molecule has 4 nitrogen and oxygen atoms in total. The van der Waals surface area contributed by atoms with Crippen LogP contribution in [0, 0.1) is 6.92 Å². The van der Waals surface area contributed by atoms with Crippen molar-refractivity contribution in [3.05, 3.63) is 33.2 Å². The second kappa shape index (κ2) is 4.90. The minimum absolute atomic E-state index is 0.115. The van der Waals surface area contributed by atoms with Crippen molar-refractivity contribution in [3.63, 3.8) is 0 Å². The van der Waals surface area contributed by atoms with Crippen molar-refractivity contribution in [1.29, 1.82) is 0 Å². The van der Waals surface area contributed by atoms with Crippen molar-refractivity contribution in [2.24, 2.45) is 0 Å². The van der Waals surface area contributed by atoms with E-state index in [1.54, 1.807) is 0 Å². The molecule has 0 spiro atoms.